The van der Waals surface area contributed by atoms with Crippen LogP contribution in [0, 0.1) is 5.92 Å². The van der Waals surface area contributed by atoms with Crippen LogP contribution in [0.2, 0.25) is 0 Å². The number of nitrogens with zero attached hydrogens (tertiary/aromatic N) is 3. The van der Waals surface area contributed by atoms with Gasteiger partial charge < -0.3 is 10.6 Å². The Hall–Kier alpha value is -1.37. The average molecular weight is 260 g/mol. The molecule has 0 bridgehead atoms. The first-order valence-electron chi connectivity index (χ1n) is 5.77. The first kappa shape index (κ1) is 13.1. The van der Waals surface area contributed by atoms with Crippen molar-refractivity contribution in [2.45, 2.75) is 25.1 Å². The maximum absolute atomic E-state index is 12.3. The molecule has 1 fully saturated rings. The Morgan fingerprint density at radius 2 is 2.06 bits per heavy atom. The Morgan fingerprint density at radius 3 is 2.44 bits per heavy atom. The average Bonchev–Trinajstić information content (AvgIpc) is 3.13. The van der Waals surface area contributed by atoms with E-state index in [1.807, 2.05) is 4.90 Å². The molecule has 1 aromatic heterocycles. The van der Waals surface area contributed by atoms with E-state index in [1.54, 1.807) is 7.05 Å². The van der Waals surface area contributed by atoms with Gasteiger partial charge in [-0.1, -0.05) is 0 Å². The van der Waals surface area contributed by atoms with Gasteiger partial charge in [0.05, 0.1) is 0 Å². The number of hydrogen-bond donors (Lipinski definition) is 1. The highest BCUT2D eigenvalue weighted by atomic mass is 19.4. The van der Waals surface area contributed by atoms with Gasteiger partial charge in [-0.3, -0.25) is 0 Å². The van der Waals surface area contributed by atoms with Gasteiger partial charge in [0.25, 0.3) is 0 Å². The molecule has 1 unspecified atom stereocenters. The molecule has 0 amide bonds. The third kappa shape index (κ3) is 2.72. The minimum atomic E-state index is -4.45. The molecular weight excluding hydrogens is 245 g/mol. The summed E-state index contributed by atoms with van der Waals surface area (Å²) in [5.41, 5.74) is 4.70. The van der Waals surface area contributed by atoms with E-state index in [4.69, 9.17) is 5.73 Å². The number of hydrogen-bond acceptors (Lipinski definition) is 4. The van der Waals surface area contributed by atoms with Crippen LogP contribution in [0.15, 0.2) is 12.1 Å². The van der Waals surface area contributed by atoms with E-state index < -0.39 is 11.9 Å². The Kier molecular flexibility index (Phi) is 3.43. The van der Waals surface area contributed by atoms with Crippen molar-refractivity contribution in [3.63, 3.8) is 0 Å². The zero-order chi connectivity index (χ0) is 13.3. The van der Waals surface area contributed by atoms with Gasteiger partial charge >= 0.3 is 6.18 Å². The second-order valence-electron chi connectivity index (χ2n) is 4.53. The lowest BCUT2D eigenvalue weighted by atomic mass is 10.1. The summed E-state index contributed by atoms with van der Waals surface area (Å²) in [6.45, 7) is 0.462. The maximum Gasteiger partial charge on any atom is 0.435 e. The van der Waals surface area contributed by atoms with Crippen molar-refractivity contribution in [1.82, 2.24) is 10.2 Å². The lowest BCUT2D eigenvalue weighted by Crippen LogP contribution is -2.40. The standard InChI is InChI=1S/C11H15F3N4/c1-18(8(6-15)7-2-3-7)10-5-4-9(16-17-10)11(12,13)14/h4-5,7-8H,2-3,6,15H2,1H3. The Morgan fingerprint density at radius 1 is 1.39 bits per heavy atom. The molecule has 18 heavy (non-hydrogen) atoms. The number of nitrogens with two attached hydrogens (primary N) is 1. The highest BCUT2D eigenvalue weighted by Gasteiger charge is 2.35. The molecule has 100 valence electrons. The fraction of sp³-hybridized carbons (Fsp3) is 0.636. The van der Waals surface area contributed by atoms with Crippen molar-refractivity contribution in [3.05, 3.63) is 17.8 Å². The molecule has 4 nitrogen and oxygen atoms in total. The molecule has 0 spiro atoms. The third-order valence-corrected chi connectivity index (χ3v) is 3.21. The molecule has 1 heterocycles. The van der Waals surface area contributed by atoms with Crippen LogP contribution in [-0.4, -0.2) is 29.8 Å². The van der Waals surface area contributed by atoms with Crippen LogP contribution in [0.1, 0.15) is 18.5 Å². The minimum absolute atomic E-state index is 0.121. The maximum atomic E-state index is 12.3. The van der Waals surface area contributed by atoms with Gasteiger partial charge in [-0.2, -0.15) is 13.2 Å². The van der Waals surface area contributed by atoms with Gasteiger partial charge in [-0.05, 0) is 30.9 Å². The highest BCUT2D eigenvalue weighted by Crippen LogP contribution is 2.36. The zero-order valence-corrected chi connectivity index (χ0v) is 9.98. The monoisotopic (exact) mass is 260 g/mol. The summed E-state index contributed by atoms with van der Waals surface area (Å²) in [6.07, 6.45) is -2.23. The third-order valence-electron chi connectivity index (χ3n) is 3.21. The van der Waals surface area contributed by atoms with Crippen LogP contribution in [0.5, 0.6) is 0 Å². The number of anilines is 1. The number of likely N-dealkylation sites (N-methyl/N-ethyl adjacent to an activating group) is 1. The van der Waals surface area contributed by atoms with Crippen molar-refractivity contribution in [1.29, 1.82) is 0 Å². The van der Waals surface area contributed by atoms with Crippen molar-refractivity contribution in [3.8, 4) is 0 Å². The number of rotatable bonds is 4. The first-order valence-corrected chi connectivity index (χ1v) is 5.77. The fourth-order valence-electron chi connectivity index (χ4n) is 1.98. The number of alkyl halides is 3. The fourth-order valence-corrected chi connectivity index (χ4v) is 1.98. The van der Waals surface area contributed by atoms with E-state index in [2.05, 4.69) is 10.2 Å². The molecule has 0 saturated heterocycles. The van der Waals surface area contributed by atoms with Gasteiger partial charge in [-0.15, -0.1) is 10.2 Å². The second-order valence-corrected chi connectivity index (χ2v) is 4.53. The Balaban J connectivity index is 2.13. The molecule has 2 rings (SSSR count). The molecule has 1 aliphatic carbocycles. The van der Waals surface area contributed by atoms with Crippen LogP contribution < -0.4 is 10.6 Å². The summed E-state index contributed by atoms with van der Waals surface area (Å²) in [6, 6.07) is 2.40. The van der Waals surface area contributed by atoms with Crippen LogP contribution in [0.4, 0.5) is 19.0 Å². The van der Waals surface area contributed by atoms with E-state index >= 15 is 0 Å². The lowest BCUT2D eigenvalue weighted by Gasteiger charge is -2.27. The Labute approximate surface area is 103 Å². The van der Waals surface area contributed by atoms with Crippen molar-refractivity contribution >= 4 is 5.82 Å². The summed E-state index contributed by atoms with van der Waals surface area (Å²) in [5, 5.41) is 6.83. The van der Waals surface area contributed by atoms with Crippen LogP contribution in [0.3, 0.4) is 0 Å². The molecule has 1 atom stereocenters. The van der Waals surface area contributed by atoms with Crippen LogP contribution >= 0.6 is 0 Å². The van der Waals surface area contributed by atoms with E-state index in [0.29, 0.717) is 18.3 Å². The number of halogens is 3. The molecule has 1 saturated carbocycles. The molecule has 1 aliphatic rings. The predicted molar refractivity (Wildman–Crippen MR) is 61.0 cm³/mol. The van der Waals surface area contributed by atoms with Crippen LogP contribution in [-0.2, 0) is 6.18 Å². The summed E-state index contributed by atoms with van der Waals surface area (Å²) in [5.74, 6) is 0.939. The van der Waals surface area contributed by atoms with E-state index in [1.165, 1.54) is 6.07 Å². The van der Waals surface area contributed by atoms with Crippen molar-refractivity contribution in [2.75, 3.05) is 18.5 Å². The zero-order valence-electron chi connectivity index (χ0n) is 9.98. The molecule has 1 aromatic rings. The Bertz CT molecular complexity index is 400. The van der Waals surface area contributed by atoms with Crippen molar-refractivity contribution in [2.24, 2.45) is 11.7 Å². The van der Waals surface area contributed by atoms with Crippen molar-refractivity contribution < 1.29 is 13.2 Å². The smallest absolute Gasteiger partial charge is 0.354 e. The quantitative estimate of drug-likeness (QED) is 0.894. The second kappa shape index (κ2) is 4.72. The minimum Gasteiger partial charge on any atom is -0.354 e. The molecule has 0 aromatic carbocycles. The largest absolute Gasteiger partial charge is 0.435 e. The van der Waals surface area contributed by atoms with Gasteiger partial charge in [0.1, 0.15) is 0 Å². The van der Waals surface area contributed by atoms with Gasteiger partial charge in [0.2, 0.25) is 0 Å². The van der Waals surface area contributed by atoms with E-state index in [9.17, 15) is 13.2 Å². The molecule has 0 aliphatic heterocycles. The normalized spacial score (nSPS) is 17.6. The summed E-state index contributed by atoms with van der Waals surface area (Å²) in [7, 11) is 1.78. The predicted octanol–water partition coefficient (Wildman–Crippen LogP) is 1.67. The van der Waals surface area contributed by atoms with Crippen LogP contribution in [0.25, 0.3) is 0 Å². The first-order chi connectivity index (χ1) is 8.43. The number of aromatic nitrogens is 2. The summed E-state index contributed by atoms with van der Waals surface area (Å²) in [4.78, 5) is 1.81. The highest BCUT2D eigenvalue weighted by molar-refractivity contribution is 5.38. The molecule has 0 radical (unpaired) electrons. The van der Waals surface area contributed by atoms with Gasteiger partial charge in [0.15, 0.2) is 11.5 Å². The lowest BCUT2D eigenvalue weighted by molar-refractivity contribution is -0.141. The van der Waals surface area contributed by atoms with Gasteiger partial charge in [-0.25, -0.2) is 0 Å². The summed E-state index contributed by atoms with van der Waals surface area (Å²) >= 11 is 0. The topological polar surface area (TPSA) is 55.0 Å². The summed E-state index contributed by atoms with van der Waals surface area (Å²) < 4.78 is 37.0. The molecule has 2 N–H and O–H groups in total. The molecule has 7 heteroatoms. The van der Waals surface area contributed by atoms with Gasteiger partial charge in [0, 0.05) is 19.6 Å². The van der Waals surface area contributed by atoms with E-state index in [-0.39, 0.29) is 6.04 Å². The van der Waals surface area contributed by atoms with E-state index in [0.717, 1.165) is 18.9 Å². The molecular formula is C11H15F3N4. The SMILES string of the molecule is CN(c1ccc(C(F)(F)F)nn1)C(CN)C1CC1.